The second-order valence-electron chi connectivity index (χ2n) is 4.04. The highest BCUT2D eigenvalue weighted by Gasteiger charge is 2.14. The molecule has 0 saturated heterocycles. The van der Waals surface area contributed by atoms with Gasteiger partial charge in [-0.1, -0.05) is 23.2 Å². The molecule has 0 amide bonds. The van der Waals surface area contributed by atoms with Gasteiger partial charge in [-0.05, 0) is 25.0 Å². The molecule has 0 fully saturated rings. The summed E-state index contributed by atoms with van der Waals surface area (Å²) in [4.78, 5) is 4.18. The van der Waals surface area contributed by atoms with Crippen molar-refractivity contribution in [3.8, 4) is 0 Å². The summed E-state index contributed by atoms with van der Waals surface area (Å²) in [6, 6.07) is 1.39. The lowest BCUT2D eigenvalue weighted by Crippen LogP contribution is -2.15. The van der Waals surface area contributed by atoms with Crippen LogP contribution in [0, 0.1) is 0 Å². The molecular weight excluding hydrogens is 271 g/mol. The Balaban J connectivity index is 2.13. The summed E-state index contributed by atoms with van der Waals surface area (Å²) < 4.78 is 1.86. The quantitative estimate of drug-likeness (QED) is 0.939. The minimum Gasteiger partial charge on any atom is -0.322 e. The van der Waals surface area contributed by atoms with Gasteiger partial charge < -0.3 is 5.73 Å². The first-order valence-electron chi connectivity index (χ1n) is 5.68. The van der Waals surface area contributed by atoms with Crippen LogP contribution >= 0.6 is 23.2 Å². The van der Waals surface area contributed by atoms with E-state index >= 15 is 0 Å². The van der Waals surface area contributed by atoms with Crippen molar-refractivity contribution in [1.82, 2.24) is 14.8 Å². The fraction of sp³-hybridized carbons (Fsp3) is 0.333. The van der Waals surface area contributed by atoms with Crippen LogP contribution in [0.4, 0.5) is 0 Å². The minimum absolute atomic E-state index is 0.260. The Hall–Kier alpha value is -1.10. The molecule has 0 spiro atoms. The Morgan fingerprint density at radius 2 is 2.17 bits per heavy atom. The molecule has 2 rings (SSSR count). The molecule has 2 aromatic rings. The van der Waals surface area contributed by atoms with Gasteiger partial charge in [0.15, 0.2) is 0 Å². The number of rotatable bonds is 4. The van der Waals surface area contributed by atoms with Gasteiger partial charge in [-0.3, -0.25) is 9.67 Å². The molecule has 0 aliphatic carbocycles. The van der Waals surface area contributed by atoms with Crippen molar-refractivity contribution in [1.29, 1.82) is 0 Å². The van der Waals surface area contributed by atoms with Gasteiger partial charge in [-0.15, -0.1) is 0 Å². The van der Waals surface area contributed by atoms with Crippen molar-refractivity contribution in [2.75, 3.05) is 0 Å². The number of aryl methyl sites for hydroxylation is 1. The van der Waals surface area contributed by atoms with Crippen molar-refractivity contribution < 1.29 is 0 Å². The van der Waals surface area contributed by atoms with E-state index < -0.39 is 0 Å². The molecular formula is C12H14Cl2N4. The van der Waals surface area contributed by atoms with Gasteiger partial charge in [0.2, 0.25) is 0 Å². The maximum atomic E-state index is 6.10. The van der Waals surface area contributed by atoms with Crippen molar-refractivity contribution in [3.05, 3.63) is 46.0 Å². The Morgan fingerprint density at radius 1 is 1.39 bits per heavy atom. The molecule has 1 atom stereocenters. The van der Waals surface area contributed by atoms with Gasteiger partial charge in [0.05, 0.1) is 28.0 Å². The smallest absolute Gasteiger partial charge is 0.0761 e. The largest absolute Gasteiger partial charge is 0.322 e. The molecule has 0 aliphatic rings. The zero-order valence-electron chi connectivity index (χ0n) is 9.98. The summed E-state index contributed by atoms with van der Waals surface area (Å²) in [6.45, 7) is 2.88. The van der Waals surface area contributed by atoms with Crippen LogP contribution in [0.2, 0.25) is 10.0 Å². The molecule has 0 saturated carbocycles. The predicted molar refractivity (Wildman–Crippen MR) is 72.8 cm³/mol. The molecule has 0 aliphatic heterocycles. The van der Waals surface area contributed by atoms with Gasteiger partial charge in [-0.25, -0.2) is 0 Å². The monoisotopic (exact) mass is 284 g/mol. The van der Waals surface area contributed by atoms with Gasteiger partial charge in [0, 0.05) is 18.9 Å². The lowest BCUT2D eigenvalue weighted by molar-refractivity contribution is 0.656. The molecule has 1 unspecified atom stereocenters. The van der Waals surface area contributed by atoms with Gasteiger partial charge in [-0.2, -0.15) is 5.10 Å². The summed E-state index contributed by atoms with van der Waals surface area (Å²) in [5.74, 6) is 0. The Kier molecular flexibility index (Phi) is 4.22. The molecule has 0 bridgehead atoms. The van der Waals surface area contributed by atoms with E-state index in [-0.39, 0.29) is 6.04 Å². The summed E-state index contributed by atoms with van der Waals surface area (Å²) in [5.41, 5.74) is 7.83. The van der Waals surface area contributed by atoms with Gasteiger partial charge in [0.1, 0.15) is 0 Å². The van der Waals surface area contributed by atoms with E-state index in [0.29, 0.717) is 22.2 Å². The number of halogens is 2. The lowest BCUT2D eigenvalue weighted by Gasteiger charge is -2.11. The van der Waals surface area contributed by atoms with Crippen LogP contribution in [0.1, 0.15) is 24.2 Å². The number of hydrogen-bond acceptors (Lipinski definition) is 3. The van der Waals surface area contributed by atoms with Gasteiger partial charge in [0.25, 0.3) is 0 Å². The SMILES string of the molecule is CCn1cc(CC(N)c2ncc(Cl)cc2Cl)cn1. The highest BCUT2D eigenvalue weighted by molar-refractivity contribution is 6.34. The van der Waals surface area contributed by atoms with Crippen LogP contribution in [0.25, 0.3) is 0 Å². The summed E-state index contributed by atoms with van der Waals surface area (Å²) in [5, 5.41) is 5.21. The van der Waals surface area contributed by atoms with Crippen LogP contribution in [0.15, 0.2) is 24.7 Å². The van der Waals surface area contributed by atoms with Crippen molar-refractivity contribution in [3.63, 3.8) is 0 Å². The highest BCUT2D eigenvalue weighted by Crippen LogP contribution is 2.24. The molecule has 18 heavy (non-hydrogen) atoms. The lowest BCUT2D eigenvalue weighted by atomic mass is 10.1. The van der Waals surface area contributed by atoms with E-state index in [2.05, 4.69) is 10.1 Å². The topological polar surface area (TPSA) is 56.7 Å². The Bertz CT molecular complexity index is 539. The van der Waals surface area contributed by atoms with E-state index in [9.17, 15) is 0 Å². The summed E-state index contributed by atoms with van der Waals surface area (Å²) in [7, 11) is 0. The first-order valence-corrected chi connectivity index (χ1v) is 6.43. The predicted octanol–water partition coefficient (Wildman–Crippen LogP) is 2.85. The van der Waals surface area contributed by atoms with Crippen LogP contribution < -0.4 is 5.73 Å². The first-order chi connectivity index (χ1) is 8.60. The van der Waals surface area contributed by atoms with Crippen LogP contribution in [-0.4, -0.2) is 14.8 Å². The third-order valence-electron chi connectivity index (χ3n) is 2.65. The zero-order chi connectivity index (χ0) is 13.1. The molecule has 2 aromatic heterocycles. The third-order valence-corrected chi connectivity index (χ3v) is 3.16. The first kappa shape index (κ1) is 13.3. The molecule has 6 heteroatoms. The average molecular weight is 285 g/mol. The maximum absolute atomic E-state index is 6.10. The molecule has 0 aromatic carbocycles. The maximum Gasteiger partial charge on any atom is 0.0761 e. The second-order valence-corrected chi connectivity index (χ2v) is 4.88. The van der Waals surface area contributed by atoms with Crippen LogP contribution in [0.3, 0.4) is 0 Å². The second kappa shape index (κ2) is 5.69. The van der Waals surface area contributed by atoms with Crippen LogP contribution in [-0.2, 0) is 13.0 Å². The zero-order valence-corrected chi connectivity index (χ0v) is 11.5. The number of hydrogen-bond donors (Lipinski definition) is 1. The number of pyridine rings is 1. The fourth-order valence-electron chi connectivity index (χ4n) is 1.73. The molecule has 96 valence electrons. The van der Waals surface area contributed by atoms with Crippen molar-refractivity contribution in [2.45, 2.75) is 25.9 Å². The average Bonchev–Trinajstić information content (AvgIpc) is 2.76. The number of nitrogens with zero attached hydrogens (tertiary/aromatic N) is 3. The summed E-state index contributed by atoms with van der Waals surface area (Å²) >= 11 is 11.9. The van der Waals surface area contributed by atoms with E-state index in [1.54, 1.807) is 12.3 Å². The fourth-order valence-corrected chi connectivity index (χ4v) is 2.25. The van der Waals surface area contributed by atoms with E-state index in [1.165, 1.54) is 0 Å². The Labute approximate surface area is 116 Å². The molecule has 0 radical (unpaired) electrons. The van der Waals surface area contributed by atoms with Crippen LogP contribution in [0.5, 0.6) is 0 Å². The van der Waals surface area contributed by atoms with Crippen molar-refractivity contribution in [2.24, 2.45) is 5.73 Å². The Morgan fingerprint density at radius 3 is 2.78 bits per heavy atom. The summed E-state index contributed by atoms with van der Waals surface area (Å²) in [6.07, 6.45) is 5.99. The molecule has 4 nitrogen and oxygen atoms in total. The third kappa shape index (κ3) is 3.02. The number of aromatic nitrogens is 3. The van der Waals surface area contributed by atoms with E-state index in [4.69, 9.17) is 28.9 Å². The minimum atomic E-state index is -0.260. The molecule has 2 N–H and O–H groups in total. The van der Waals surface area contributed by atoms with Crippen molar-refractivity contribution >= 4 is 23.2 Å². The number of nitrogens with two attached hydrogens (primary N) is 1. The standard InChI is InChI=1S/C12H14Cl2N4/c1-2-18-7-8(5-17-18)3-11(15)12-10(14)4-9(13)6-16-12/h4-7,11H,2-3,15H2,1H3. The van der Waals surface area contributed by atoms with Gasteiger partial charge >= 0.3 is 0 Å². The van der Waals surface area contributed by atoms with E-state index in [1.807, 2.05) is 24.0 Å². The molecule has 2 heterocycles. The van der Waals surface area contributed by atoms with E-state index in [0.717, 1.165) is 12.1 Å². The highest BCUT2D eigenvalue weighted by atomic mass is 35.5. The normalized spacial score (nSPS) is 12.7.